The number of aromatic nitrogens is 1. The number of pyridine rings is 1. The summed E-state index contributed by atoms with van der Waals surface area (Å²) in [5, 5.41) is 2.73. The van der Waals surface area contributed by atoms with Gasteiger partial charge >= 0.3 is 6.18 Å². The third-order valence-electron chi connectivity index (χ3n) is 1.59. The predicted molar refractivity (Wildman–Crippen MR) is 57.3 cm³/mol. The molecular formula is C9H12ClF3N2O. The van der Waals surface area contributed by atoms with Crippen molar-refractivity contribution in [2.45, 2.75) is 13.1 Å². The van der Waals surface area contributed by atoms with E-state index in [9.17, 15) is 13.2 Å². The molecule has 1 heterocycles. The fourth-order valence-electron chi connectivity index (χ4n) is 0.993. The van der Waals surface area contributed by atoms with E-state index in [1.54, 1.807) is 20.0 Å². The molecule has 1 aromatic rings. The van der Waals surface area contributed by atoms with Crippen molar-refractivity contribution in [1.29, 1.82) is 0 Å². The number of aryl methyl sites for hydroxylation is 1. The molecule has 0 amide bonds. The molecule has 0 bridgehead atoms. The van der Waals surface area contributed by atoms with Gasteiger partial charge in [-0.1, -0.05) is 0 Å². The lowest BCUT2D eigenvalue weighted by molar-refractivity contribution is -0.154. The maximum atomic E-state index is 11.9. The number of ether oxygens (including phenoxy) is 1. The summed E-state index contributed by atoms with van der Waals surface area (Å²) in [7, 11) is 1.63. The number of halogens is 4. The highest BCUT2D eigenvalue weighted by molar-refractivity contribution is 5.85. The maximum absolute atomic E-state index is 11.9. The summed E-state index contributed by atoms with van der Waals surface area (Å²) in [5.41, 5.74) is 0.784. The molecule has 0 atom stereocenters. The van der Waals surface area contributed by atoms with E-state index < -0.39 is 12.8 Å². The minimum Gasteiger partial charge on any atom is -0.468 e. The standard InChI is InChI=1S/C9H11F3N2O.ClH/c1-6-3-7(13-2)14-8(4-6)15-5-9(10,11)12;/h3-4H,5H2,1-2H3,(H,13,14);1H. The highest BCUT2D eigenvalue weighted by atomic mass is 35.5. The number of alkyl halides is 3. The first-order chi connectivity index (χ1) is 6.90. The van der Waals surface area contributed by atoms with Crippen LogP contribution in [0.5, 0.6) is 5.88 Å². The lowest BCUT2D eigenvalue weighted by Crippen LogP contribution is -2.19. The van der Waals surface area contributed by atoms with Crippen LogP contribution in [0.1, 0.15) is 5.56 Å². The highest BCUT2D eigenvalue weighted by Gasteiger charge is 2.28. The van der Waals surface area contributed by atoms with Gasteiger partial charge in [-0.2, -0.15) is 18.2 Å². The summed E-state index contributed by atoms with van der Waals surface area (Å²) in [6, 6.07) is 3.16. The molecule has 3 nitrogen and oxygen atoms in total. The van der Waals surface area contributed by atoms with E-state index in [0.29, 0.717) is 5.82 Å². The normalized spacial score (nSPS) is 10.6. The summed E-state index contributed by atoms with van der Waals surface area (Å²) in [4.78, 5) is 3.82. The Balaban J connectivity index is 0.00000225. The van der Waals surface area contributed by atoms with Gasteiger partial charge in [0.2, 0.25) is 5.88 Å². The number of nitrogens with one attached hydrogen (secondary N) is 1. The zero-order chi connectivity index (χ0) is 11.5. The zero-order valence-electron chi connectivity index (χ0n) is 8.76. The Morgan fingerprint density at radius 2 is 2.00 bits per heavy atom. The molecule has 1 aromatic heterocycles. The van der Waals surface area contributed by atoms with Gasteiger partial charge < -0.3 is 10.1 Å². The van der Waals surface area contributed by atoms with Crippen LogP contribution in [-0.4, -0.2) is 24.8 Å². The first-order valence-electron chi connectivity index (χ1n) is 4.27. The molecule has 0 unspecified atom stereocenters. The average Bonchev–Trinajstić information content (AvgIpc) is 2.13. The van der Waals surface area contributed by atoms with Crippen LogP contribution in [0.25, 0.3) is 0 Å². The Labute approximate surface area is 97.4 Å². The van der Waals surface area contributed by atoms with Crippen molar-refractivity contribution in [3.63, 3.8) is 0 Å². The van der Waals surface area contributed by atoms with Crippen molar-refractivity contribution in [1.82, 2.24) is 4.98 Å². The molecule has 16 heavy (non-hydrogen) atoms. The van der Waals surface area contributed by atoms with Crippen LogP contribution >= 0.6 is 12.4 Å². The van der Waals surface area contributed by atoms with E-state index >= 15 is 0 Å². The van der Waals surface area contributed by atoms with E-state index in [-0.39, 0.29) is 18.3 Å². The number of hydrogen-bond acceptors (Lipinski definition) is 3. The lowest BCUT2D eigenvalue weighted by atomic mass is 10.3. The molecule has 0 fully saturated rings. The Hall–Kier alpha value is -1.17. The van der Waals surface area contributed by atoms with Crippen LogP contribution in [0.2, 0.25) is 0 Å². The largest absolute Gasteiger partial charge is 0.468 e. The molecule has 7 heteroatoms. The molecule has 0 saturated carbocycles. The molecule has 0 aliphatic heterocycles. The Morgan fingerprint density at radius 3 is 2.50 bits per heavy atom. The third kappa shape index (κ3) is 5.06. The SMILES string of the molecule is CNc1cc(C)cc(OCC(F)(F)F)n1.Cl. The summed E-state index contributed by atoms with van der Waals surface area (Å²) < 4.78 is 40.1. The molecular weight excluding hydrogens is 245 g/mol. The van der Waals surface area contributed by atoms with Crippen molar-refractivity contribution < 1.29 is 17.9 Å². The topological polar surface area (TPSA) is 34.1 Å². The molecule has 0 saturated heterocycles. The average molecular weight is 257 g/mol. The van der Waals surface area contributed by atoms with Gasteiger partial charge in [0.1, 0.15) is 5.82 Å². The zero-order valence-corrected chi connectivity index (χ0v) is 9.58. The van der Waals surface area contributed by atoms with Crippen LogP contribution in [0.15, 0.2) is 12.1 Å². The first-order valence-corrected chi connectivity index (χ1v) is 4.27. The van der Waals surface area contributed by atoms with Crippen molar-refractivity contribution in [2.24, 2.45) is 0 Å². The summed E-state index contributed by atoms with van der Waals surface area (Å²) in [6.07, 6.45) is -4.34. The van der Waals surface area contributed by atoms with Crippen LogP contribution in [0, 0.1) is 6.92 Å². The fraction of sp³-hybridized carbons (Fsp3) is 0.444. The van der Waals surface area contributed by atoms with Crippen molar-refractivity contribution >= 4 is 18.2 Å². The quantitative estimate of drug-likeness (QED) is 0.903. The second kappa shape index (κ2) is 5.79. The molecule has 0 aliphatic carbocycles. The van der Waals surface area contributed by atoms with Crippen LogP contribution in [-0.2, 0) is 0 Å². The Kier molecular flexibility index (Phi) is 5.37. The van der Waals surface area contributed by atoms with Crippen LogP contribution in [0.4, 0.5) is 19.0 Å². The second-order valence-corrected chi connectivity index (χ2v) is 3.02. The third-order valence-corrected chi connectivity index (χ3v) is 1.59. The van der Waals surface area contributed by atoms with Gasteiger partial charge in [0.05, 0.1) is 0 Å². The van der Waals surface area contributed by atoms with Gasteiger partial charge in [-0.3, -0.25) is 0 Å². The summed E-state index contributed by atoms with van der Waals surface area (Å²) in [6.45, 7) is 0.426. The Morgan fingerprint density at radius 1 is 1.38 bits per heavy atom. The number of nitrogens with zero attached hydrogens (tertiary/aromatic N) is 1. The molecule has 1 rings (SSSR count). The smallest absolute Gasteiger partial charge is 0.422 e. The number of hydrogen-bond donors (Lipinski definition) is 1. The number of rotatable bonds is 3. The second-order valence-electron chi connectivity index (χ2n) is 3.02. The molecule has 92 valence electrons. The van der Waals surface area contributed by atoms with E-state index in [0.717, 1.165) is 5.56 Å². The van der Waals surface area contributed by atoms with E-state index in [2.05, 4.69) is 15.0 Å². The van der Waals surface area contributed by atoms with Crippen LogP contribution in [0.3, 0.4) is 0 Å². The first kappa shape index (κ1) is 14.8. The predicted octanol–water partition coefficient (Wildman–Crippen LogP) is 2.79. The molecule has 0 radical (unpaired) electrons. The van der Waals surface area contributed by atoms with Gasteiger partial charge in [0, 0.05) is 13.1 Å². The summed E-state index contributed by atoms with van der Waals surface area (Å²) in [5.74, 6) is 0.448. The molecule has 1 N–H and O–H groups in total. The Bertz CT molecular complexity index is 344. The fourth-order valence-corrected chi connectivity index (χ4v) is 0.993. The number of anilines is 1. The van der Waals surface area contributed by atoms with Gasteiger partial charge in [-0.25, -0.2) is 0 Å². The van der Waals surface area contributed by atoms with Crippen molar-refractivity contribution in [3.8, 4) is 5.88 Å². The molecule has 0 spiro atoms. The minimum atomic E-state index is -4.34. The van der Waals surface area contributed by atoms with Gasteiger partial charge in [-0.05, 0) is 18.6 Å². The van der Waals surface area contributed by atoms with E-state index in [1.165, 1.54) is 6.07 Å². The minimum absolute atomic E-state index is 0. The molecule has 0 aromatic carbocycles. The van der Waals surface area contributed by atoms with Gasteiger partial charge in [0.25, 0.3) is 0 Å². The van der Waals surface area contributed by atoms with Gasteiger partial charge in [-0.15, -0.1) is 12.4 Å². The van der Waals surface area contributed by atoms with Gasteiger partial charge in [0.15, 0.2) is 6.61 Å². The van der Waals surface area contributed by atoms with Crippen molar-refractivity contribution in [3.05, 3.63) is 17.7 Å². The van der Waals surface area contributed by atoms with E-state index in [4.69, 9.17) is 0 Å². The van der Waals surface area contributed by atoms with E-state index in [1.807, 2.05) is 0 Å². The van der Waals surface area contributed by atoms with Crippen molar-refractivity contribution in [2.75, 3.05) is 19.0 Å². The highest BCUT2D eigenvalue weighted by Crippen LogP contribution is 2.19. The van der Waals surface area contributed by atoms with Crippen LogP contribution < -0.4 is 10.1 Å². The maximum Gasteiger partial charge on any atom is 0.422 e. The molecule has 0 aliphatic rings. The monoisotopic (exact) mass is 256 g/mol. The lowest BCUT2D eigenvalue weighted by Gasteiger charge is -2.10. The summed E-state index contributed by atoms with van der Waals surface area (Å²) >= 11 is 0.